The zero-order valence-electron chi connectivity index (χ0n) is 30.1. The Morgan fingerprint density at radius 1 is 0.891 bits per heavy atom. The smallest absolute Gasteiger partial charge is 0.280 e. The average Bonchev–Trinajstić information content (AvgIpc) is 3.50. The van der Waals surface area contributed by atoms with Gasteiger partial charge in [0.25, 0.3) is 27.7 Å². The van der Waals surface area contributed by atoms with Crippen LogP contribution < -0.4 is 9.62 Å². The summed E-state index contributed by atoms with van der Waals surface area (Å²) in [7, 11) is -4.28. The molecule has 10 nitrogen and oxygen atoms in total. The molecule has 0 unspecified atom stereocenters. The Labute approximate surface area is 338 Å². The van der Waals surface area contributed by atoms with Crippen LogP contribution in [0.25, 0.3) is 16.5 Å². The minimum atomic E-state index is -4.28. The highest BCUT2D eigenvalue weighted by atomic mass is 127. The lowest BCUT2D eigenvalue weighted by atomic mass is 9.98. The van der Waals surface area contributed by atoms with Gasteiger partial charge < -0.3 is 9.80 Å². The van der Waals surface area contributed by atoms with E-state index >= 15 is 0 Å². The number of fused-ring (bicyclic) bond motifs is 2. The molecule has 1 aliphatic heterocycles. The molecule has 6 aromatic rings. The molecule has 280 valence electrons. The predicted octanol–water partition coefficient (Wildman–Crippen LogP) is 8.36. The van der Waals surface area contributed by atoms with Crippen LogP contribution in [0, 0.1) is 10.5 Å². The molecule has 0 spiro atoms. The van der Waals surface area contributed by atoms with Gasteiger partial charge in [-0.2, -0.15) is 5.10 Å². The molecule has 0 bridgehead atoms. The summed E-state index contributed by atoms with van der Waals surface area (Å²) in [6, 6.07) is 31.8. The van der Waals surface area contributed by atoms with Crippen molar-refractivity contribution in [1.82, 2.24) is 19.4 Å². The van der Waals surface area contributed by atoms with Crippen LogP contribution in [0.2, 0.25) is 5.02 Å². The van der Waals surface area contributed by atoms with Gasteiger partial charge in [-0.15, -0.1) is 0 Å². The molecule has 0 saturated heterocycles. The van der Waals surface area contributed by atoms with Gasteiger partial charge in [0, 0.05) is 34.5 Å². The van der Waals surface area contributed by atoms with E-state index in [4.69, 9.17) is 16.7 Å². The fraction of sp³-hybridized carbons (Fsp3) is 0.190. The highest BCUT2D eigenvalue weighted by Gasteiger charge is 2.30. The summed E-state index contributed by atoms with van der Waals surface area (Å²) in [4.78, 5) is 45.6. The molecule has 0 radical (unpaired) electrons. The Morgan fingerprint density at radius 2 is 1.60 bits per heavy atom. The minimum Gasteiger partial charge on any atom is -0.334 e. The molecule has 0 fully saturated rings. The number of amides is 3. The first-order chi connectivity index (χ1) is 26.4. The van der Waals surface area contributed by atoms with E-state index in [0.717, 1.165) is 32.9 Å². The third-order valence-electron chi connectivity index (χ3n) is 9.76. The van der Waals surface area contributed by atoms with Crippen LogP contribution >= 0.6 is 34.2 Å². The molecule has 55 heavy (non-hydrogen) atoms. The molecule has 0 saturated carbocycles. The SMILES string of the molecule is CCCCN(C(=O)c1nn(-c2ccc(C(=O)NS(=O)(=O)c3ccc4ccccc4c3)cc2C(=O)N2CCc3ccccc3C2)c(C)c1Cl)c1ccc(I)cc1. The molecule has 0 atom stereocenters. The molecule has 1 aromatic heterocycles. The maximum absolute atomic E-state index is 14.5. The summed E-state index contributed by atoms with van der Waals surface area (Å²) in [5.41, 5.74) is 3.62. The van der Waals surface area contributed by atoms with Gasteiger partial charge in [-0.1, -0.05) is 79.5 Å². The second-order valence-electron chi connectivity index (χ2n) is 13.4. The zero-order valence-corrected chi connectivity index (χ0v) is 33.9. The lowest BCUT2D eigenvalue weighted by Crippen LogP contribution is -2.37. The Kier molecular flexibility index (Phi) is 11.1. The summed E-state index contributed by atoms with van der Waals surface area (Å²) in [6.45, 7) is 4.96. The van der Waals surface area contributed by atoms with Crippen molar-refractivity contribution in [1.29, 1.82) is 0 Å². The van der Waals surface area contributed by atoms with E-state index in [-0.39, 0.29) is 38.3 Å². The number of carbonyl (C=O) groups excluding carboxylic acids is 3. The number of nitrogens with zero attached hydrogens (tertiary/aromatic N) is 4. The van der Waals surface area contributed by atoms with E-state index in [1.54, 1.807) is 34.9 Å². The Hall–Kier alpha value is -5.05. The van der Waals surface area contributed by atoms with E-state index < -0.39 is 21.8 Å². The van der Waals surface area contributed by atoms with Gasteiger partial charge in [0.15, 0.2) is 5.69 Å². The van der Waals surface area contributed by atoms with Crippen LogP contribution in [0.1, 0.15) is 67.8 Å². The molecule has 1 N–H and O–H groups in total. The average molecular weight is 886 g/mol. The second-order valence-corrected chi connectivity index (χ2v) is 16.7. The Morgan fingerprint density at radius 3 is 2.35 bits per heavy atom. The first-order valence-electron chi connectivity index (χ1n) is 17.8. The second kappa shape index (κ2) is 16.0. The van der Waals surface area contributed by atoms with Crippen LogP contribution in [0.15, 0.2) is 114 Å². The van der Waals surface area contributed by atoms with Gasteiger partial charge in [0.05, 0.1) is 26.9 Å². The molecule has 13 heteroatoms. The number of aromatic nitrogens is 2. The number of hydrogen-bond donors (Lipinski definition) is 1. The number of nitrogens with one attached hydrogen (secondary N) is 1. The van der Waals surface area contributed by atoms with E-state index in [1.807, 2.05) is 67.6 Å². The van der Waals surface area contributed by atoms with Crippen LogP contribution in [-0.4, -0.2) is 53.9 Å². The maximum Gasteiger partial charge on any atom is 0.280 e. The molecule has 2 heterocycles. The Bertz CT molecular complexity index is 2570. The van der Waals surface area contributed by atoms with Crippen molar-refractivity contribution in [2.24, 2.45) is 0 Å². The molecule has 1 aliphatic rings. The standard InChI is InChI=1S/C42H37ClIN5O5S/c1-3-4-22-48(34-17-15-33(44)16-18-34)42(52)39-38(43)27(2)49(45-39)37-20-14-31(25-36(37)41(51)47-23-21-29-10-6-8-12-32(29)26-47)40(50)46-55(53,54)35-19-13-28-9-5-7-11-30(28)24-35/h5-20,24-25H,3-4,21-23,26H2,1-2H3,(H,46,50). The van der Waals surface area contributed by atoms with Gasteiger partial charge in [-0.05, 0) is 119 Å². The monoisotopic (exact) mass is 885 g/mol. The molecule has 0 aliphatic carbocycles. The van der Waals surface area contributed by atoms with Gasteiger partial charge in [0.2, 0.25) is 0 Å². The molecule has 3 amide bonds. The number of anilines is 1. The van der Waals surface area contributed by atoms with E-state index in [1.165, 1.54) is 35.0 Å². The molecule has 7 rings (SSSR count). The van der Waals surface area contributed by atoms with Crippen LogP contribution in [0.5, 0.6) is 0 Å². The third-order valence-corrected chi connectivity index (χ3v) is 12.3. The minimum absolute atomic E-state index is 0.0161. The quantitative estimate of drug-likeness (QED) is 0.138. The van der Waals surface area contributed by atoms with E-state index in [2.05, 4.69) is 27.3 Å². The highest BCUT2D eigenvalue weighted by Crippen LogP contribution is 2.30. The summed E-state index contributed by atoms with van der Waals surface area (Å²) < 4.78 is 31.5. The highest BCUT2D eigenvalue weighted by molar-refractivity contribution is 14.1. The summed E-state index contributed by atoms with van der Waals surface area (Å²) >= 11 is 9.09. The van der Waals surface area contributed by atoms with Crippen molar-refractivity contribution in [2.75, 3.05) is 18.0 Å². The lowest BCUT2D eigenvalue weighted by molar-refractivity contribution is 0.0734. The van der Waals surface area contributed by atoms with Crippen molar-refractivity contribution >= 4 is 78.4 Å². The number of unbranched alkanes of at least 4 members (excludes halogenated alkanes) is 1. The van der Waals surface area contributed by atoms with Crippen molar-refractivity contribution in [3.05, 3.63) is 151 Å². The summed E-state index contributed by atoms with van der Waals surface area (Å²) in [5, 5.41) is 6.39. The van der Waals surface area contributed by atoms with Crippen molar-refractivity contribution in [3.63, 3.8) is 0 Å². The fourth-order valence-electron chi connectivity index (χ4n) is 6.71. The number of benzene rings is 5. The lowest BCUT2D eigenvalue weighted by Gasteiger charge is -2.29. The summed E-state index contributed by atoms with van der Waals surface area (Å²) in [6.07, 6.45) is 2.26. The molecule has 5 aromatic carbocycles. The van der Waals surface area contributed by atoms with E-state index in [0.29, 0.717) is 42.8 Å². The van der Waals surface area contributed by atoms with Gasteiger partial charge >= 0.3 is 0 Å². The fourth-order valence-corrected chi connectivity index (χ4v) is 8.28. The predicted molar refractivity (Wildman–Crippen MR) is 223 cm³/mol. The summed E-state index contributed by atoms with van der Waals surface area (Å²) in [5.74, 6) is -1.69. The maximum atomic E-state index is 14.5. The first kappa shape index (κ1) is 38.2. The molecular weight excluding hydrogens is 849 g/mol. The third kappa shape index (κ3) is 7.89. The van der Waals surface area contributed by atoms with Crippen molar-refractivity contribution in [3.8, 4) is 5.69 Å². The zero-order chi connectivity index (χ0) is 38.9. The van der Waals surface area contributed by atoms with Gasteiger partial charge in [-0.3, -0.25) is 14.4 Å². The van der Waals surface area contributed by atoms with E-state index in [9.17, 15) is 22.8 Å². The van der Waals surface area contributed by atoms with Crippen molar-refractivity contribution < 1.29 is 22.8 Å². The number of sulfonamides is 1. The normalized spacial score (nSPS) is 12.7. The Balaban J connectivity index is 1.27. The molecular formula is C42H37ClIN5O5S. The van der Waals surface area contributed by atoms with Crippen LogP contribution in [-0.2, 0) is 23.0 Å². The van der Waals surface area contributed by atoms with Gasteiger partial charge in [0.1, 0.15) is 0 Å². The van der Waals surface area contributed by atoms with Crippen molar-refractivity contribution in [2.45, 2.75) is 44.6 Å². The number of rotatable bonds is 10. The van der Waals surface area contributed by atoms with Crippen LogP contribution in [0.4, 0.5) is 5.69 Å². The largest absolute Gasteiger partial charge is 0.334 e. The van der Waals surface area contributed by atoms with Gasteiger partial charge in [-0.25, -0.2) is 17.8 Å². The van der Waals surface area contributed by atoms with Crippen LogP contribution in [0.3, 0.4) is 0 Å². The first-order valence-corrected chi connectivity index (χ1v) is 20.8. The number of halogens is 2. The number of carbonyl (C=O) groups is 3. The number of hydrogen-bond acceptors (Lipinski definition) is 6. The topological polar surface area (TPSA) is 122 Å².